The van der Waals surface area contributed by atoms with Crippen LogP contribution >= 0.6 is 27.3 Å². The van der Waals surface area contributed by atoms with Gasteiger partial charge in [-0.1, -0.05) is 0 Å². The summed E-state index contributed by atoms with van der Waals surface area (Å²) in [5.74, 6) is 0. The molecule has 0 aliphatic carbocycles. The molecule has 3 nitrogen and oxygen atoms in total. The Morgan fingerprint density at radius 3 is 2.60 bits per heavy atom. The maximum atomic E-state index is 11.7. The van der Waals surface area contributed by atoms with Gasteiger partial charge in [0, 0.05) is 0 Å². The normalized spacial score (nSPS) is 15.4. The predicted octanol–water partition coefficient (Wildman–Crippen LogP) is 3.18. The van der Waals surface area contributed by atoms with Gasteiger partial charge in [0.2, 0.25) is 0 Å². The zero-order valence-electron chi connectivity index (χ0n) is 9.07. The third-order valence-corrected chi connectivity index (χ3v) is 4.60. The van der Waals surface area contributed by atoms with Crippen molar-refractivity contribution in [1.82, 2.24) is 4.98 Å². The van der Waals surface area contributed by atoms with Crippen LogP contribution in [0.5, 0.6) is 0 Å². The molecule has 0 saturated carbocycles. The van der Waals surface area contributed by atoms with Crippen LogP contribution < -0.4 is 0 Å². The molecule has 84 valence electrons. The molecule has 0 amide bonds. The first-order valence-electron chi connectivity index (χ1n) is 4.39. The summed E-state index contributed by atoms with van der Waals surface area (Å²) in [6.07, 6.45) is 1.72. The minimum absolute atomic E-state index is 0.324. The Morgan fingerprint density at radius 2 is 2.20 bits per heavy atom. The van der Waals surface area contributed by atoms with E-state index in [1.54, 1.807) is 6.20 Å². The van der Waals surface area contributed by atoms with Crippen molar-refractivity contribution >= 4 is 44.0 Å². The largest absolute Gasteiger partial charge is 0.242 e. The monoisotopic (exact) mass is 308 g/mol. The van der Waals surface area contributed by atoms with Crippen molar-refractivity contribution < 1.29 is 4.21 Å². The van der Waals surface area contributed by atoms with Gasteiger partial charge >= 0.3 is 0 Å². The minimum atomic E-state index is -1.22. The van der Waals surface area contributed by atoms with E-state index in [0.717, 1.165) is 14.5 Å². The van der Waals surface area contributed by atoms with E-state index in [4.69, 9.17) is 0 Å². The van der Waals surface area contributed by atoms with Crippen LogP contribution in [-0.4, -0.2) is 19.7 Å². The third-order valence-electron chi connectivity index (χ3n) is 1.53. The molecular formula is C9H13BrN2OS2. The van der Waals surface area contributed by atoms with Crippen molar-refractivity contribution in [3.8, 4) is 0 Å². The highest BCUT2D eigenvalue weighted by Gasteiger charge is 2.19. The highest BCUT2D eigenvalue weighted by Crippen LogP contribution is 2.21. The average Bonchev–Trinajstić information content (AvgIpc) is 2.50. The molecule has 6 heteroatoms. The lowest BCUT2D eigenvalue weighted by Crippen LogP contribution is -2.20. The molecule has 0 fully saturated rings. The predicted molar refractivity (Wildman–Crippen MR) is 69.9 cm³/mol. The number of rotatable bonds is 2. The van der Waals surface area contributed by atoms with Gasteiger partial charge in [0.1, 0.15) is 16.0 Å². The summed E-state index contributed by atoms with van der Waals surface area (Å²) in [5, 5.41) is 0.805. The maximum absolute atomic E-state index is 11.7. The van der Waals surface area contributed by atoms with Gasteiger partial charge in [0.15, 0.2) is 0 Å². The quantitative estimate of drug-likeness (QED) is 0.787. The van der Waals surface area contributed by atoms with Crippen molar-refractivity contribution in [3.05, 3.63) is 15.0 Å². The van der Waals surface area contributed by atoms with E-state index in [9.17, 15) is 4.21 Å². The number of hydrogen-bond acceptors (Lipinski definition) is 3. The number of halogens is 1. The Kier molecular flexibility index (Phi) is 4.20. The molecule has 0 aromatic carbocycles. The summed E-state index contributed by atoms with van der Waals surface area (Å²) in [4.78, 5) is 4.16. The Morgan fingerprint density at radius 1 is 1.60 bits per heavy atom. The van der Waals surface area contributed by atoms with Crippen molar-refractivity contribution in [3.63, 3.8) is 0 Å². The molecule has 0 saturated heterocycles. The highest BCUT2D eigenvalue weighted by molar-refractivity contribution is 9.11. The van der Waals surface area contributed by atoms with Gasteiger partial charge in [0.25, 0.3) is 0 Å². The van der Waals surface area contributed by atoms with E-state index in [1.807, 2.05) is 27.7 Å². The molecule has 0 aliphatic heterocycles. The van der Waals surface area contributed by atoms with E-state index >= 15 is 0 Å². The molecule has 1 heterocycles. The lowest BCUT2D eigenvalue weighted by molar-refractivity contribution is 0.650. The van der Waals surface area contributed by atoms with Gasteiger partial charge in [-0.25, -0.2) is 9.19 Å². The van der Waals surface area contributed by atoms with Gasteiger partial charge in [-0.2, -0.15) is 4.40 Å². The van der Waals surface area contributed by atoms with Crippen LogP contribution in [0, 0.1) is 0 Å². The number of thiazole rings is 1. The standard InChI is InChI=1S/C9H13BrN2OS2/c1-6(8-11-5-7(10)14-8)12-15(13)9(2,3)4/h5H,1-4H3/b12-6+/t15-/m1/s1. The molecule has 0 N–H and O–H groups in total. The minimum Gasteiger partial charge on any atom is -0.242 e. The fraction of sp³-hybridized carbons (Fsp3) is 0.556. The van der Waals surface area contributed by atoms with Crippen LogP contribution in [0.3, 0.4) is 0 Å². The van der Waals surface area contributed by atoms with Crippen molar-refractivity contribution in [2.45, 2.75) is 32.4 Å². The highest BCUT2D eigenvalue weighted by atomic mass is 79.9. The first kappa shape index (κ1) is 13.0. The average molecular weight is 309 g/mol. The number of aromatic nitrogens is 1. The van der Waals surface area contributed by atoms with E-state index in [-0.39, 0.29) is 4.75 Å². The van der Waals surface area contributed by atoms with Gasteiger partial charge < -0.3 is 0 Å². The zero-order chi connectivity index (χ0) is 11.6. The Hall–Kier alpha value is -0.0700. The van der Waals surface area contributed by atoms with Gasteiger partial charge in [-0.3, -0.25) is 0 Å². The van der Waals surface area contributed by atoms with Gasteiger partial charge in [-0.15, -0.1) is 11.3 Å². The fourth-order valence-electron chi connectivity index (χ4n) is 0.722. The van der Waals surface area contributed by atoms with Crippen LogP contribution in [0.15, 0.2) is 14.4 Å². The van der Waals surface area contributed by atoms with Crippen molar-refractivity contribution in [2.24, 2.45) is 4.40 Å². The molecule has 1 aromatic rings. The third kappa shape index (κ3) is 3.77. The van der Waals surface area contributed by atoms with E-state index in [0.29, 0.717) is 0 Å². The number of hydrogen-bond donors (Lipinski definition) is 0. The lowest BCUT2D eigenvalue weighted by Gasteiger charge is -2.13. The molecule has 0 aliphatic rings. The van der Waals surface area contributed by atoms with Crippen LogP contribution in [-0.2, 0) is 11.0 Å². The summed E-state index contributed by atoms with van der Waals surface area (Å²) in [6.45, 7) is 7.53. The Balaban J connectivity index is 2.90. The van der Waals surface area contributed by atoms with Gasteiger partial charge in [0.05, 0.1) is 20.4 Å². The maximum Gasteiger partial charge on any atom is 0.145 e. The summed E-state index contributed by atoms with van der Waals surface area (Å²) >= 11 is 4.82. The molecule has 1 atom stereocenters. The zero-order valence-corrected chi connectivity index (χ0v) is 12.3. The summed E-state index contributed by atoms with van der Waals surface area (Å²) < 4.78 is 16.5. The second kappa shape index (κ2) is 4.84. The van der Waals surface area contributed by atoms with Crippen LogP contribution in [0.1, 0.15) is 32.7 Å². The van der Waals surface area contributed by atoms with E-state index < -0.39 is 11.0 Å². The van der Waals surface area contributed by atoms with Crippen LogP contribution in [0.2, 0.25) is 0 Å². The molecule has 0 bridgehead atoms. The first-order chi connectivity index (χ1) is 6.80. The SMILES string of the molecule is C/C(=N\[S@](=O)C(C)(C)C)c1ncc(Br)s1. The molecule has 0 spiro atoms. The second-order valence-corrected chi connectivity index (χ2v) is 8.32. The molecule has 0 radical (unpaired) electrons. The van der Waals surface area contributed by atoms with Crippen molar-refractivity contribution in [1.29, 1.82) is 0 Å². The smallest absolute Gasteiger partial charge is 0.145 e. The second-order valence-electron chi connectivity index (χ2n) is 4.01. The summed E-state index contributed by atoms with van der Waals surface area (Å²) in [5.41, 5.74) is 0.721. The first-order valence-corrected chi connectivity index (χ1v) is 7.11. The fourth-order valence-corrected chi connectivity index (χ4v) is 2.54. The lowest BCUT2D eigenvalue weighted by atomic mass is 10.3. The molecule has 1 rings (SSSR count). The molecule has 1 aromatic heterocycles. The van der Waals surface area contributed by atoms with E-state index in [1.165, 1.54) is 11.3 Å². The topological polar surface area (TPSA) is 42.3 Å². The summed E-state index contributed by atoms with van der Waals surface area (Å²) in [6, 6.07) is 0. The van der Waals surface area contributed by atoms with E-state index in [2.05, 4.69) is 25.3 Å². The van der Waals surface area contributed by atoms with Gasteiger partial charge in [-0.05, 0) is 43.6 Å². The molecule has 15 heavy (non-hydrogen) atoms. The van der Waals surface area contributed by atoms with Crippen LogP contribution in [0.25, 0.3) is 0 Å². The molecule has 0 unspecified atom stereocenters. The Labute approximate surface area is 105 Å². The number of nitrogens with zero attached hydrogens (tertiary/aromatic N) is 2. The van der Waals surface area contributed by atoms with Crippen LogP contribution in [0.4, 0.5) is 0 Å². The van der Waals surface area contributed by atoms with Crippen molar-refractivity contribution in [2.75, 3.05) is 0 Å². The Bertz CT molecular complexity index is 406. The summed E-state index contributed by atoms with van der Waals surface area (Å²) in [7, 11) is -1.22. The molecular weight excluding hydrogens is 296 g/mol.